The maximum absolute atomic E-state index is 5.63. The highest BCUT2D eigenvalue weighted by molar-refractivity contribution is 7.80. The molecular weight excluding hydrogens is 320 g/mol. The van der Waals surface area contributed by atoms with E-state index in [0.29, 0.717) is 6.54 Å². The maximum Gasteiger partial charge on any atom is 0.169 e. The van der Waals surface area contributed by atoms with Crippen LogP contribution in [0.2, 0.25) is 0 Å². The van der Waals surface area contributed by atoms with Crippen molar-refractivity contribution in [1.29, 1.82) is 0 Å². The lowest BCUT2D eigenvalue weighted by atomic mass is 9.94. The van der Waals surface area contributed by atoms with E-state index in [1.165, 1.54) is 22.3 Å². The fraction of sp³-hybridized carbons (Fsp3) is 0.556. The van der Waals surface area contributed by atoms with Gasteiger partial charge in [-0.2, -0.15) is 0 Å². The molecule has 130 valence electrons. The molecule has 24 heavy (non-hydrogen) atoms. The SMILES string of the molecule is Cc1cc(C)c(C2=NOC(CNC(=S)N3CCNCC3)C2)c(C)c1. The number of thiocarbonyl (C=S) groups is 1. The van der Waals surface area contributed by atoms with Crippen LogP contribution in [0.4, 0.5) is 0 Å². The molecule has 0 amide bonds. The van der Waals surface area contributed by atoms with Crippen molar-refractivity contribution in [3.8, 4) is 0 Å². The Morgan fingerprint density at radius 3 is 2.62 bits per heavy atom. The minimum absolute atomic E-state index is 0.0426. The van der Waals surface area contributed by atoms with E-state index in [2.05, 4.69) is 53.6 Å². The molecule has 1 unspecified atom stereocenters. The predicted octanol–water partition coefficient (Wildman–Crippen LogP) is 1.88. The first-order chi connectivity index (χ1) is 11.5. The number of aryl methyl sites for hydroxylation is 3. The van der Waals surface area contributed by atoms with E-state index in [4.69, 9.17) is 17.1 Å². The average Bonchev–Trinajstić information content (AvgIpc) is 3.01. The van der Waals surface area contributed by atoms with E-state index in [0.717, 1.165) is 43.4 Å². The number of hydrogen-bond donors (Lipinski definition) is 2. The minimum atomic E-state index is 0.0426. The van der Waals surface area contributed by atoms with Gasteiger partial charge in [-0.1, -0.05) is 22.9 Å². The van der Waals surface area contributed by atoms with Gasteiger partial charge in [0, 0.05) is 38.2 Å². The summed E-state index contributed by atoms with van der Waals surface area (Å²) in [6.45, 7) is 11.0. The van der Waals surface area contributed by atoms with E-state index in [-0.39, 0.29) is 6.10 Å². The number of nitrogens with zero attached hydrogens (tertiary/aromatic N) is 2. The average molecular weight is 347 g/mol. The molecule has 1 atom stereocenters. The topological polar surface area (TPSA) is 48.9 Å². The van der Waals surface area contributed by atoms with E-state index in [1.807, 2.05) is 0 Å². The number of hydrogen-bond acceptors (Lipinski definition) is 4. The van der Waals surface area contributed by atoms with Gasteiger partial charge < -0.3 is 20.4 Å². The van der Waals surface area contributed by atoms with Gasteiger partial charge in [0.2, 0.25) is 0 Å². The molecule has 1 aromatic rings. The van der Waals surface area contributed by atoms with Crippen LogP contribution < -0.4 is 10.6 Å². The Labute approximate surface area is 149 Å². The molecule has 6 heteroatoms. The van der Waals surface area contributed by atoms with Crippen LogP contribution in [0.15, 0.2) is 17.3 Å². The van der Waals surface area contributed by atoms with Gasteiger partial charge in [0.1, 0.15) is 6.10 Å². The molecule has 0 radical (unpaired) electrons. The van der Waals surface area contributed by atoms with Gasteiger partial charge in [-0.05, 0) is 44.1 Å². The Morgan fingerprint density at radius 1 is 1.29 bits per heavy atom. The fourth-order valence-electron chi connectivity index (χ4n) is 3.50. The van der Waals surface area contributed by atoms with Crippen molar-refractivity contribution in [2.24, 2.45) is 5.16 Å². The number of piperazine rings is 1. The predicted molar refractivity (Wildman–Crippen MR) is 102 cm³/mol. The highest BCUT2D eigenvalue weighted by Crippen LogP contribution is 2.23. The fourth-order valence-corrected chi connectivity index (χ4v) is 3.77. The lowest BCUT2D eigenvalue weighted by Gasteiger charge is -2.30. The number of nitrogens with one attached hydrogen (secondary N) is 2. The Hall–Kier alpha value is -1.66. The van der Waals surface area contributed by atoms with Gasteiger partial charge in [-0.15, -0.1) is 0 Å². The molecule has 3 rings (SSSR count). The van der Waals surface area contributed by atoms with Crippen molar-refractivity contribution in [3.05, 3.63) is 34.4 Å². The molecule has 1 fully saturated rings. The molecule has 0 spiro atoms. The van der Waals surface area contributed by atoms with Crippen LogP contribution in [-0.4, -0.2) is 54.6 Å². The lowest BCUT2D eigenvalue weighted by molar-refractivity contribution is 0.0880. The Kier molecular flexibility index (Phi) is 5.36. The molecule has 2 aliphatic rings. The highest BCUT2D eigenvalue weighted by atomic mass is 32.1. The zero-order valence-electron chi connectivity index (χ0n) is 14.7. The van der Waals surface area contributed by atoms with Gasteiger partial charge in [0.25, 0.3) is 0 Å². The van der Waals surface area contributed by atoms with Gasteiger partial charge in [-0.25, -0.2) is 0 Å². The minimum Gasteiger partial charge on any atom is -0.390 e. The first-order valence-corrected chi connectivity index (χ1v) is 9.00. The van der Waals surface area contributed by atoms with Crippen LogP contribution >= 0.6 is 12.2 Å². The smallest absolute Gasteiger partial charge is 0.169 e. The summed E-state index contributed by atoms with van der Waals surface area (Å²) in [6, 6.07) is 4.41. The van der Waals surface area contributed by atoms with Gasteiger partial charge in [-0.3, -0.25) is 0 Å². The molecular formula is C18H26N4OS. The molecule has 0 aromatic heterocycles. The second kappa shape index (κ2) is 7.49. The third-order valence-corrected chi connectivity index (χ3v) is 4.99. The first kappa shape index (κ1) is 17.2. The molecule has 0 bridgehead atoms. The van der Waals surface area contributed by atoms with Crippen molar-refractivity contribution in [3.63, 3.8) is 0 Å². The van der Waals surface area contributed by atoms with E-state index in [1.54, 1.807) is 0 Å². The van der Waals surface area contributed by atoms with Crippen molar-refractivity contribution < 1.29 is 4.84 Å². The second-order valence-corrected chi connectivity index (χ2v) is 7.05. The van der Waals surface area contributed by atoms with Crippen LogP contribution in [0.1, 0.15) is 28.7 Å². The van der Waals surface area contributed by atoms with Crippen molar-refractivity contribution >= 4 is 23.0 Å². The van der Waals surface area contributed by atoms with Crippen LogP contribution in [0.25, 0.3) is 0 Å². The molecule has 0 aliphatic carbocycles. The number of oxime groups is 1. The summed E-state index contributed by atoms with van der Waals surface area (Å²) >= 11 is 5.48. The molecule has 5 nitrogen and oxygen atoms in total. The maximum atomic E-state index is 5.63. The Morgan fingerprint density at radius 2 is 1.96 bits per heavy atom. The monoisotopic (exact) mass is 346 g/mol. The summed E-state index contributed by atoms with van der Waals surface area (Å²) in [7, 11) is 0. The van der Waals surface area contributed by atoms with Gasteiger partial charge >= 0.3 is 0 Å². The molecule has 2 heterocycles. The zero-order valence-corrected chi connectivity index (χ0v) is 15.5. The standard InChI is InChI=1S/C18H26N4OS/c1-12-8-13(2)17(14(3)9-12)16-10-15(23-21-16)11-20-18(24)22-6-4-19-5-7-22/h8-9,15,19H,4-7,10-11H2,1-3H3,(H,20,24). The van der Waals surface area contributed by atoms with Crippen molar-refractivity contribution in [2.45, 2.75) is 33.3 Å². The number of rotatable bonds is 3. The molecule has 0 saturated carbocycles. The second-order valence-electron chi connectivity index (χ2n) is 6.67. The highest BCUT2D eigenvalue weighted by Gasteiger charge is 2.25. The van der Waals surface area contributed by atoms with Crippen LogP contribution in [-0.2, 0) is 4.84 Å². The Balaban J connectivity index is 1.55. The van der Waals surface area contributed by atoms with Crippen molar-refractivity contribution in [1.82, 2.24) is 15.5 Å². The van der Waals surface area contributed by atoms with Gasteiger partial charge in [0.05, 0.1) is 12.3 Å². The molecule has 2 N–H and O–H groups in total. The quantitative estimate of drug-likeness (QED) is 0.819. The summed E-state index contributed by atoms with van der Waals surface area (Å²) in [5, 5.41) is 11.8. The van der Waals surface area contributed by atoms with Crippen molar-refractivity contribution in [2.75, 3.05) is 32.7 Å². The summed E-state index contributed by atoms with van der Waals surface area (Å²) in [5.74, 6) is 0. The molecule has 1 saturated heterocycles. The third-order valence-electron chi connectivity index (χ3n) is 4.58. The van der Waals surface area contributed by atoms with Crippen LogP contribution in [0.3, 0.4) is 0 Å². The lowest BCUT2D eigenvalue weighted by Crippen LogP contribution is -2.51. The summed E-state index contributed by atoms with van der Waals surface area (Å²) in [4.78, 5) is 7.84. The van der Waals surface area contributed by atoms with E-state index < -0.39 is 0 Å². The zero-order chi connectivity index (χ0) is 17.1. The summed E-state index contributed by atoms with van der Waals surface area (Å²) in [6.07, 6.45) is 0.864. The largest absolute Gasteiger partial charge is 0.390 e. The Bertz CT molecular complexity index is 629. The van der Waals surface area contributed by atoms with Gasteiger partial charge in [0.15, 0.2) is 5.11 Å². The first-order valence-electron chi connectivity index (χ1n) is 8.59. The van der Waals surface area contributed by atoms with E-state index >= 15 is 0 Å². The van der Waals surface area contributed by atoms with Crippen LogP contribution in [0.5, 0.6) is 0 Å². The van der Waals surface area contributed by atoms with E-state index in [9.17, 15) is 0 Å². The third kappa shape index (κ3) is 3.87. The molecule has 1 aromatic carbocycles. The molecule has 2 aliphatic heterocycles. The summed E-state index contributed by atoms with van der Waals surface area (Å²) in [5.41, 5.74) is 6.09. The summed E-state index contributed by atoms with van der Waals surface area (Å²) < 4.78 is 0. The number of benzene rings is 1. The van der Waals surface area contributed by atoms with Crippen LogP contribution in [0, 0.1) is 20.8 Å². The normalized spacial score (nSPS) is 20.5.